The highest BCUT2D eigenvalue weighted by Gasteiger charge is 2.39. The largest absolute Gasteiger partial charge is 0.497 e. The van der Waals surface area contributed by atoms with Crippen LogP contribution in [0, 0.1) is 0 Å². The molecule has 6 heteroatoms. The number of aliphatic hydroxyl groups is 3. The molecule has 0 unspecified atom stereocenters. The normalized spacial score (nSPS) is 28.5. The molecule has 4 atom stereocenters. The van der Waals surface area contributed by atoms with Gasteiger partial charge in [0.25, 0.3) is 0 Å². The zero-order valence-electron chi connectivity index (χ0n) is 12.0. The van der Waals surface area contributed by atoms with Crippen LogP contribution in [0.5, 0.6) is 11.5 Å². The standard InChI is InChI=1S/C16H18O6/c1-20-11-4-2-10-7-12(5-3-9(10)6-11)22-15-14(18)13(17)8-21-16(15)19/h2-7,13-19H,8H2,1H3/t13-,14+,15-,16-/m1/s1. The Morgan fingerprint density at radius 3 is 2.32 bits per heavy atom. The van der Waals surface area contributed by atoms with Crippen molar-refractivity contribution < 1.29 is 29.5 Å². The smallest absolute Gasteiger partial charge is 0.195 e. The fourth-order valence-corrected chi connectivity index (χ4v) is 2.47. The van der Waals surface area contributed by atoms with Crippen molar-refractivity contribution in [3.8, 4) is 11.5 Å². The molecule has 0 aliphatic carbocycles. The van der Waals surface area contributed by atoms with Crippen molar-refractivity contribution >= 4 is 10.8 Å². The number of benzene rings is 2. The Kier molecular flexibility index (Phi) is 4.17. The van der Waals surface area contributed by atoms with Crippen molar-refractivity contribution in [3.05, 3.63) is 36.4 Å². The fourth-order valence-electron chi connectivity index (χ4n) is 2.47. The van der Waals surface area contributed by atoms with Crippen molar-refractivity contribution in [2.24, 2.45) is 0 Å². The third kappa shape index (κ3) is 2.86. The number of fused-ring (bicyclic) bond motifs is 1. The summed E-state index contributed by atoms with van der Waals surface area (Å²) in [5.41, 5.74) is 0. The Labute approximate surface area is 127 Å². The van der Waals surface area contributed by atoms with Crippen molar-refractivity contribution in [2.75, 3.05) is 13.7 Å². The third-order valence-electron chi connectivity index (χ3n) is 3.74. The van der Waals surface area contributed by atoms with Gasteiger partial charge in [-0.15, -0.1) is 0 Å². The predicted octanol–water partition coefficient (Wildman–Crippen LogP) is 0.666. The second kappa shape index (κ2) is 6.10. The lowest BCUT2D eigenvalue weighted by Crippen LogP contribution is -2.55. The minimum atomic E-state index is -1.29. The summed E-state index contributed by atoms with van der Waals surface area (Å²) in [6, 6.07) is 11.0. The first-order valence-electron chi connectivity index (χ1n) is 6.99. The van der Waals surface area contributed by atoms with E-state index >= 15 is 0 Å². The number of methoxy groups -OCH3 is 1. The molecule has 2 aromatic rings. The van der Waals surface area contributed by atoms with Crippen LogP contribution in [0.4, 0.5) is 0 Å². The first-order chi connectivity index (χ1) is 10.6. The van der Waals surface area contributed by atoms with Gasteiger partial charge in [-0.1, -0.05) is 12.1 Å². The molecule has 0 bridgehead atoms. The van der Waals surface area contributed by atoms with Gasteiger partial charge in [0.15, 0.2) is 12.4 Å². The summed E-state index contributed by atoms with van der Waals surface area (Å²) >= 11 is 0. The first kappa shape index (κ1) is 15.1. The molecule has 2 aromatic carbocycles. The molecule has 1 saturated heterocycles. The molecule has 0 radical (unpaired) electrons. The van der Waals surface area contributed by atoms with Crippen LogP contribution in [-0.2, 0) is 4.74 Å². The van der Waals surface area contributed by atoms with Gasteiger partial charge >= 0.3 is 0 Å². The van der Waals surface area contributed by atoms with Crippen molar-refractivity contribution in [1.82, 2.24) is 0 Å². The average Bonchev–Trinajstić information content (AvgIpc) is 2.54. The summed E-state index contributed by atoms with van der Waals surface area (Å²) in [5, 5.41) is 31.2. The van der Waals surface area contributed by atoms with E-state index < -0.39 is 24.6 Å². The minimum Gasteiger partial charge on any atom is -0.497 e. The van der Waals surface area contributed by atoms with E-state index in [0.717, 1.165) is 16.5 Å². The van der Waals surface area contributed by atoms with E-state index in [1.54, 1.807) is 19.2 Å². The molecule has 1 aliphatic rings. The van der Waals surface area contributed by atoms with E-state index in [1.807, 2.05) is 24.3 Å². The number of rotatable bonds is 3. The summed E-state index contributed by atoms with van der Waals surface area (Å²) < 4.78 is 15.7. The maximum atomic E-state index is 9.92. The summed E-state index contributed by atoms with van der Waals surface area (Å²) in [4.78, 5) is 0. The molecule has 1 aliphatic heterocycles. The van der Waals surface area contributed by atoms with Gasteiger partial charge in [-0.2, -0.15) is 0 Å². The molecule has 22 heavy (non-hydrogen) atoms. The molecular formula is C16H18O6. The Bertz CT molecular complexity index is 658. The van der Waals surface area contributed by atoms with Gasteiger partial charge < -0.3 is 29.5 Å². The first-order valence-corrected chi connectivity index (χ1v) is 6.99. The maximum Gasteiger partial charge on any atom is 0.195 e. The summed E-state index contributed by atoms with van der Waals surface area (Å²) in [7, 11) is 1.61. The molecule has 6 nitrogen and oxygen atoms in total. The van der Waals surface area contributed by atoms with Gasteiger partial charge in [-0.05, 0) is 35.0 Å². The second-order valence-electron chi connectivity index (χ2n) is 5.24. The van der Waals surface area contributed by atoms with Gasteiger partial charge in [-0.25, -0.2) is 0 Å². The van der Waals surface area contributed by atoms with E-state index in [4.69, 9.17) is 14.2 Å². The predicted molar refractivity (Wildman–Crippen MR) is 78.9 cm³/mol. The lowest BCUT2D eigenvalue weighted by atomic mass is 10.1. The fraction of sp³-hybridized carbons (Fsp3) is 0.375. The molecule has 3 N–H and O–H groups in total. The van der Waals surface area contributed by atoms with Gasteiger partial charge in [0.1, 0.15) is 23.7 Å². The molecule has 1 heterocycles. The zero-order valence-corrected chi connectivity index (χ0v) is 12.0. The summed E-state index contributed by atoms with van der Waals surface area (Å²) in [6.45, 7) is -0.125. The van der Waals surface area contributed by atoms with Crippen LogP contribution in [0.2, 0.25) is 0 Å². The van der Waals surface area contributed by atoms with Crippen LogP contribution in [-0.4, -0.2) is 53.6 Å². The molecule has 0 aromatic heterocycles. The lowest BCUT2D eigenvalue weighted by molar-refractivity contribution is -0.244. The molecular weight excluding hydrogens is 288 g/mol. The second-order valence-corrected chi connectivity index (χ2v) is 5.24. The Hall–Kier alpha value is -1.86. The van der Waals surface area contributed by atoms with Crippen LogP contribution in [0.3, 0.4) is 0 Å². The van der Waals surface area contributed by atoms with E-state index in [9.17, 15) is 15.3 Å². The SMILES string of the molecule is COc1ccc2cc(O[C@@H]3[C@@H](O)[C@H](O)CO[C@H]3O)ccc2c1. The molecule has 0 spiro atoms. The molecule has 118 valence electrons. The van der Waals surface area contributed by atoms with Crippen LogP contribution < -0.4 is 9.47 Å². The Morgan fingerprint density at radius 2 is 1.64 bits per heavy atom. The van der Waals surface area contributed by atoms with Gasteiger partial charge in [-0.3, -0.25) is 0 Å². The van der Waals surface area contributed by atoms with Crippen LogP contribution in [0.1, 0.15) is 0 Å². The topological polar surface area (TPSA) is 88.4 Å². The average molecular weight is 306 g/mol. The third-order valence-corrected chi connectivity index (χ3v) is 3.74. The quantitative estimate of drug-likeness (QED) is 0.772. The molecule has 3 rings (SSSR count). The highest BCUT2D eigenvalue weighted by atomic mass is 16.6. The van der Waals surface area contributed by atoms with E-state index in [1.165, 1.54) is 0 Å². The van der Waals surface area contributed by atoms with Gasteiger partial charge in [0.05, 0.1) is 13.7 Å². The van der Waals surface area contributed by atoms with Crippen LogP contribution in [0.25, 0.3) is 10.8 Å². The monoisotopic (exact) mass is 306 g/mol. The Balaban J connectivity index is 1.84. The van der Waals surface area contributed by atoms with Crippen LogP contribution in [0.15, 0.2) is 36.4 Å². The number of ether oxygens (including phenoxy) is 3. The number of aliphatic hydroxyl groups excluding tert-OH is 3. The highest BCUT2D eigenvalue weighted by molar-refractivity contribution is 5.85. The zero-order chi connectivity index (χ0) is 15.7. The van der Waals surface area contributed by atoms with Crippen molar-refractivity contribution in [2.45, 2.75) is 24.6 Å². The minimum absolute atomic E-state index is 0.125. The van der Waals surface area contributed by atoms with E-state index in [-0.39, 0.29) is 6.61 Å². The Morgan fingerprint density at radius 1 is 1.00 bits per heavy atom. The molecule has 1 fully saturated rings. The van der Waals surface area contributed by atoms with Crippen LogP contribution >= 0.6 is 0 Å². The van der Waals surface area contributed by atoms with Gasteiger partial charge in [0, 0.05) is 0 Å². The maximum absolute atomic E-state index is 9.92. The molecule has 0 saturated carbocycles. The van der Waals surface area contributed by atoms with Gasteiger partial charge in [0.2, 0.25) is 0 Å². The summed E-state index contributed by atoms with van der Waals surface area (Å²) in [6.07, 6.45) is -4.63. The number of hydrogen-bond acceptors (Lipinski definition) is 6. The van der Waals surface area contributed by atoms with Crippen molar-refractivity contribution in [1.29, 1.82) is 0 Å². The lowest BCUT2D eigenvalue weighted by Gasteiger charge is -2.35. The number of hydrogen-bond donors (Lipinski definition) is 3. The highest BCUT2D eigenvalue weighted by Crippen LogP contribution is 2.27. The van der Waals surface area contributed by atoms with Crippen molar-refractivity contribution in [3.63, 3.8) is 0 Å². The van der Waals surface area contributed by atoms with E-state index in [0.29, 0.717) is 5.75 Å². The summed E-state index contributed by atoms with van der Waals surface area (Å²) in [5.74, 6) is 1.23. The van der Waals surface area contributed by atoms with E-state index in [2.05, 4.69) is 0 Å². The molecule has 0 amide bonds.